The molecule has 0 aliphatic heterocycles. The predicted octanol–water partition coefficient (Wildman–Crippen LogP) is 1.82. The van der Waals surface area contributed by atoms with Gasteiger partial charge >= 0.3 is 5.97 Å². The lowest BCUT2D eigenvalue weighted by Gasteiger charge is -2.27. The standard InChI is InChI=1S/C13H16N4O3/c1-8(2)13(3,12(18)19)6-10-16-11(17-20-10)9-4-5-14-7-15-9/h4-5,7-8H,6H2,1-3H3,(H,18,19). The van der Waals surface area contributed by atoms with E-state index in [4.69, 9.17) is 4.52 Å². The third kappa shape index (κ3) is 2.66. The second-order valence-corrected chi connectivity index (χ2v) is 5.16. The number of nitrogens with zero attached hydrogens (tertiary/aromatic N) is 4. The van der Waals surface area contributed by atoms with Gasteiger partial charge in [0.05, 0.1) is 5.41 Å². The minimum Gasteiger partial charge on any atom is -0.481 e. The molecule has 2 aromatic heterocycles. The van der Waals surface area contributed by atoms with Crippen LogP contribution in [0.5, 0.6) is 0 Å². The van der Waals surface area contributed by atoms with E-state index >= 15 is 0 Å². The molecule has 0 bridgehead atoms. The van der Waals surface area contributed by atoms with E-state index in [1.165, 1.54) is 6.33 Å². The van der Waals surface area contributed by atoms with Crippen molar-refractivity contribution in [2.24, 2.45) is 11.3 Å². The maximum Gasteiger partial charge on any atom is 0.310 e. The van der Waals surface area contributed by atoms with Crippen molar-refractivity contribution >= 4 is 5.97 Å². The Hall–Kier alpha value is -2.31. The van der Waals surface area contributed by atoms with Gasteiger partial charge < -0.3 is 9.63 Å². The summed E-state index contributed by atoms with van der Waals surface area (Å²) >= 11 is 0. The lowest BCUT2D eigenvalue weighted by Crippen LogP contribution is -2.35. The molecule has 1 N–H and O–H groups in total. The van der Waals surface area contributed by atoms with Gasteiger partial charge in [0.15, 0.2) is 0 Å². The molecule has 0 saturated carbocycles. The molecule has 0 aliphatic carbocycles. The zero-order valence-corrected chi connectivity index (χ0v) is 11.6. The van der Waals surface area contributed by atoms with Gasteiger partial charge in [-0.3, -0.25) is 4.79 Å². The molecule has 2 heterocycles. The van der Waals surface area contributed by atoms with Crippen molar-refractivity contribution in [1.82, 2.24) is 20.1 Å². The van der Waals surface area contributed by atoms with E-state index in [1.807, 2.05) is 13.8 Å². The van der Waals surface area contributed by atoms with Gasteiger partial charge in [-0.05, 0) is 18.9 Å². The molecule has 2 aromatic rings. The Morgan fingerprint density at radius 2 is 2.25 bits per heavy atom. The monoisotopic (exact) mass is 276 g/mol. The minimum atomic E-state index is -0.949. The van der Waals surface area contributed by atoms with E-state index in [9.17, 15) is 9.90 Å². The van der Waals surface area contributed by atoms with Crippen LogP contribution in [0, 0.1) is 11.3 Å². The first-order valence-electron chi connectivity index (χ1n) is 6.26. The normalized spacial score (nSPS) is 14.2. The average molecular weight is 276 g/mol. The van der Waals surface area contributed by atoms with E-state index < -0.39 is 11.4 Å². The molecule has 7 heteroatoms. The number of hydrogen-bond donors (Lipinski definition) is 1. The van der Waals surface area contributed by atoms with Crippen molar-refractivity contribution in [3.63, 3.8) is 0 Å². The molecule has 0 aromatic carbocycles. The molecule has 7 nitrogen and oxygen atoms in total. The Bertz CT molecular complexity index is 597. The smallest absolute Gasteiger partial charge is 0.310 e. The highest BCUT2D eigenvalue weighted by molar-refractivity contribution is 5.74. The molecule has 1 unspecified atom stereocenters. The van der Waals surface area contributed by atoms with Crippen LogP contribution in [0.15, 0.2) is 23.1 Å². The van der Waals surface area contributed by atoms with Crippen molar-refractivity contribution in [1.29, 1.82) is 0 Å². The fourth-order valence-corrected chi connectivity index (χ4v) is 1.69. The van der Waals surface area contributed by atoms with E-state index in [2.05, 4.69) is 20.1 Å². The van der Waals surface area contributed by atoms with Crippen LogP contribution in [0.1, 0.15) is 26.7 Å². The van der Waals surface area contributed by atoms with Crippen LogP contribution < -0.4 is 0 Å². The third-order valence-corrected chi connectivity index (χ3v) is 3.56. The Morgan fingerprint density at radius 3 is 2.80 bits per heavy atom. The van der Waals surface area contributed by atoms with Gasteiger partial charge in [-0.1, -0.05) is 19.0 Å². The van der Waals surface area contributed by atoms with Crippen LogP contribution in [0.25, 0.3) is 11.5 Å². The molecule has 106 valence electrons. The number of carboxylic acids is 1. The lowest BCUT2D eigenvalue weighted by atomic mass is 9.76. The summed E-state index contributed by atoms with van der Waals surface area (Å²) < 4.78 is 5.13. The zero-order chi connectivity index (χ0) is 14.8. The first kappa shape index (κ1) is 14.1. The highest BCUT2D eigenvalue weighted by Crippen LogP contribution is 2.31. The zero-order valence-electron chi connectivity index (χ0n) is 11.6. The van der Waals surface area contributed by atoms with E-state index in [1.54, 1.807) is 19.2 Å². The summed E-state index contributed by atoms with van der Waals surface area (Å²) in [5.41, 5.74) is -0.410. The summed E-state index contributed by atoms with van der Waals surface area (Å²) in [6.45, 7) is 5.39. The van der Waals surface area contributed by atoms with E-state index in [-0.39, 0.29) is 18.2 Å². The largest absolute Gasteiger partial charge is 0.481 e. The number of aromatic nitrogens is 4. The van der Waals surface area contributed by atoms with Crippen molar-refractivity contribution < 1.29 is 14.4 Å². The molecule has 0 spiro atoms. The molecule has 0 aliphatic rings. The number of aliphatic carboxylic acids is 1. The maximum atomic E-state index is 11.4. The topological polar surface area (TPSA) is 102 Å². The van der Waals surface area contributed by atoms with Crippen LogP contribution in [-0.2, 0) is 11.2 Å². The van der Waals surface area contributed by atoms with Gasteiger partial charge in [0, 0.05) is 12.6 Å². The van der Waals surface area contributed by atoms with E-state index in [0.29, 0.717) is 11.5 Å². The molecule has 0 fully saturated rings. The molecule has 0 radical (unpaired) electrons. The molecule has 20 heavy (non-hydrogen) atoms. The average Bonchev–Trinajstić information content (AvgIpc) is 2.87. The summed E-state index contributed by atoms with van der Waals surface area (Å²) in [6, 6.07) is 1.66. The van der Waals surface area contributed by atoms with Crippen molar-refractivity contribution in [3.8, 4) is 11.5 Å². The summed E-state index contributed by atoms with van der Waals surface area (Å²) in [7, 11) is 0. The lowest BCUT2D eigenvalue weighted by molar-refractivity contribution is -0.150. The van der Waals surface area contributed by atoms with Crippen molar-refractivity contribution in [2.75, 3.05) is 0 Å². The Morgan fingerprint density at radius 1 is 1.50 bits per heavy atom. The van der Waals surface area contributed by atoms with Gasteiger partial charge in [-0.25, -0.2) is 9.97 Å². The minimum absolute atomic E-state index is 0.0607. The van der Waals surface area contributed by atoms with Crippen LogP contribution in [0.2, 0.25) is 0 Å². The second kappa shape index (κ2) is 5.36. The van der Waals surface area contributed by atoms with Crippen molar-refractivity contribution in [2.45, 2.75) is 27.2 Å². The number of hydrogen-bond acceptors (Lipinski definition) is 6. The highest BCUT2D eigenvalue weighted by Gasteiger charge is 2.38. The third-order valence-electron chi connectivity index (χ3n) is 3.56. The Kier molecular flexibility index (Phi) is 3.78. The number of carboxylic acid groups (broad SMARTS) is 1. The first-order chi connectivity index (χ1) is 9.43. The van der Waals surface area contributed by atoms with Crippen LogP contribution in [-0.4, -0.2) is 31.2 Å². The molecular formula is C13H16N4O3. The predicted molar refractivity (Wildman–Crippen MR) is 69.6 cm³/mol. The number of carbonyl (C=O) groups is 1. The van der Waals surface area contributed by atoms with Gasteiger partial charge in [0.2, 0.25) is 11.7 Å². The second-order valence-electron chi connectivity index (χ2n) is 5.16. The molecule has 1 atom stereocenters. The van der Waals surface area contributed by atoms with Gasteiger partial charge in [0.25, 0.3) is 0 Å². The molecule has 2 rings (SSSR count). The first-order valence-corrected chi connectivity index (χ1v) is 6.26. The Balaban J connectivity index is 2.24. The van der Waals surface area contributed by atoms with Gasteiger partial charge in [-0.15, -0.1) is 0 Å². The molecule has 0 amide bonds. The van der Waals surface area contributed by atoms with Gasteiger partial charge in [-0.2, -0.15) is 4.98 Å². The summed E-state index contributed by atoms with van der Waals surface area (Å²) in [5, 5.41) is 13.2. The van der Waals surface area contributed by atoms with Crippen LogP contribution in [0.4, 0.5) is 0 Å². The summed E-state index contributed by atoms with van der Waals surface area (Å²) in [6.07, 6.45) is 3.15. The van der Waals surface area contributed by atoms with Crippen molar-refractivity contribution in [3.05, 3.63) is 24.5 Å². The van der Waals surface area contributed by atoms with Crippen LogP contribution in [0.3, 0.4) is 0 Å². The molecule has 0 saturated heterocycles. The maximum absolute atomic E-state index is 11.4. The number of rotatable bonds is 5. The highest BCUT2D eigenvalue weighted by atomic mass is 16.5. The fraction of sp³-hybridized carbons (Fsp3) is 0.462. The quantitative estimate of drug-likeness (QED) is 0.888. The van der Waals surface area contributed by atoms with E-state index in [0.717, 1.165) is 0 Å². The Labute approximate surface area is 116 Å². The van der Waals surface area contributed by atoms with Crippen LogP contribution >= 0.6 is 0 Å². The molecular weight excluding hydrogens is 260 g/mol. The summed E-state index contributed by atoms with van der Waals surface area (Å²) in [5.74, 6) is -0.320. The summed E-state index contributed by atoms with van der Waals surface area (Å²) in [4.78, 5) is 23.5. The SMILES string of the molecule is CC(C)C(C)(Cc1nc(-c2ccncn2)no1)C(=O)O. The fourth-order valence-electron chi connectivity index (χ4n) is 1.69. The van der Waals surface area contributed by atoms with Gasteiger partial charge in [0.1, 0.15) is 12.0 Å².